The number of aromatic nitrogens is 1. The van der Waals surface area contributed by atoms with Crippen LogP contribution in [-0.2, 0) is 22.6 Å². The SMILES string of the molecule is COc1ccc(N(CCOCc2ccccc2)CCc2csc(SC(C)(C)C(=O)O)n2)cc1OC. The lowest BCUT2D eigenvalue weighted by atomic mass is 10.2. The van der Waals surface area contributed by atoms with Crippen molar-refractivity contribution in [2.24, 2.45) is 0 Å². The van der Waals surface area contributed by atoms with Crippen LogP contribution in [0.1, 0.15) is 25.1 Å². The van der Waals surface area contributed by atoms with Crippen molar-refractivity contribution in [1.29, 1.82) is 0 Å². The van der Waals surface area contributed by atoms with Gasteiger partial charge in [-0.15, -0.1) is 11.3 Å². The topological polar surface area (TPSA) is 81.1 Å². The Morgan fingerprint density at radius 2 is 1.83 bits per heavy atom. The fourth-order valence-corrected chi connectivity index (χ4v) is 5.52. The summed E-state index contributed by atoms with van der Waals surface area (Å²) >= 11 is 2.75. The maximum absolute atomic E-state index is 11.4. The van der Waals surface area contributed by atoms with Gasteiger partial charge < -0.3 is 24.2 Å². The first-order valence-corrected chi connectivity index (χ1v) is 13.0. The maximum atomic E-state index is 11.4. The number of thiazole rings is 1. The van der Waals surface area contributed by atoms with Gasteiger partial charge in [0.25, 0.3) is 0 Å². The average molecular weight is 517 g/mol. The number of carboxylic acid groups (broad SMARTS) is 1. The van der Waals surface area contributed by atoms with Gasteiger partial charge in [0, 0.05) is 36.6 Å². The summed E-state index contributed by atoms with van der Waals surface area (Å²) < 4.78 is 16.7. The molecule has 0 saturated carbocycles. The van der Waals surface area contributed by atoms with Gasteiger partial charge in [0.15, 0.2) is 15.8 Å². The van der Waals surface area contributed by atoms with Crippen LogP contribution in [-0.4, -0.2) is 54.7 Å². The van der Waals surface area contributed by atoms with Crippen LogP contribution in [0.15, 0.2) is 58.3 Å². The summed E-state index contributed by atoms with van der Waals surface area (Å²) in [5.41, 5.74) is 3.08. The van der Waals surface area contributed by atoms with E-state index in [1.165, 1.54) is 23.1 Å². The highest BCUT2D eigenvalue weighted by Gasteiger charge is 2.29. The molecule has 0 aliphatic carbocycles. The molecule has 1 N–H and O–H groups in total. The van der Waals surface area contributed by atoms with E-state index in [2.05, 4.69) is 22.0 Å². The van der Waals surface area contributed by atoms with E-state index in [1.807, 2.05) is 41.8 Å². The van der Waals surface area contributed by atoms with Crippen LogP contribution in [0.3, 0.4) is 0 Å². The normalized spacial score (nSPS) is 11.3. The number of carboxylic acids is 1. The van der Waals surface area contributed by atoms with E-state index in [9.17, 15) is 9.90 Å². The number of ether oxygens (including phenoxy) is 3. The molecule has 0 aliphatic heterocycles. The molecule has 9 heteroatoms. The fraction of sp³-hybridized carbons (Fsp3) is 0.385. The van der Waals surface area contributed by atoms with Gasteiger partial charge >= 0.3 is 5.97 Å². The minimum atomic E-state index is -0.920. The quantitative estimate of drug-likeness (QED) is 0.226. The minimum absolute atomic E-state index is 0.562. The molecule has 0 saturated heterocycles. The van der Waals surface area contributed by atoms with Crippen molar-refractivity contribution in [3.63, 3.8) is 0 Å². The van der Waals surface area contributed by atoms with Crippen LogP contribution in [0, 0.1) is 0 Å². The molecule has 0 unspecified atom stereocenters. The van der Waals surface area contributed by atoms with E-state index in [1.54, 1.807) is 28.1 Å². The molecule has 0 spiro atoms. The highest BCUT2D eigenvalue weighted by Crippen LogP contribution is 2.35. The van der Waals surface area contributed by atoms with Gasteiger partial charge in [0.05, 0.1) is 33.1 Å². The summed E-state index contributed by atoms with van der Waals surface area (Å²) in [6, 6.07) is 16.0. The van der Waals surface area contributed by atoms with Crippen molar-refractivity contribution in [2.45, 2.75) is 36.0 Å². The van der Waals surface area contributed by atoms with Crippen molar-refractivity contribution >= 4 is 34.8 Å². The molecular formula is C26H32N2O5S2. The average Bonchev–Trinajstić information content (AvgIpc) is 3.30. The summed E-state index contributed by atoms with van der Waals surface area (Å²) in [5, 5.41) is 11.4. The van der Waals surface area contributed by atoms with Crippen molar-refractivity contribution in [3.8, 4) is 11.5 Å². The molecule has 0 fully saturated rings. The summed E-state index contributed by atoms with van der Waals surface area (Å²) in [6.45, 7) is 5.92. The zero-order valence-corrected chi connectivity index (χ0v) is 22.2. The number of aliphatic carboxylic acids is 1. The third-order valence-electron chi connectivity index (χ3n) is 5.38. The zero-order valence-electron chi connectivity index (χ0n) is 20.5. The van der Waals surface area contributed by atoms with Crippen LogP contribution in [0.4, 0.5) is 5.69 Å². The summed E-state index contributed by atoms with van der Waals surface area (Å²) in [5.74, 6) is 0.497. The number of thioether (sulfide) groups is 1. The van der Waals surface area contributed by atoms with Gasteiger partial charge in [-0.1, -0.05) is 42.1 Å². The lowest BCUT2D eigenvalue weighted by Crippen LogP contribution is -2.30. The molecular weight excluding hydrogens is 484 g/mol. The number of nitrogens with zero attached hydrogens (tertiary/aromatic N) is 2. The van der Waals surface area contributed by atoms with Gasteiger partial charge in [-0.25, -0.2) is 4.98 Å². The Labute approximate surface area is 215 Å². The number of hydrogen-bond donors (Lipinski definition) is 1. The first-order valence-electron chi connectivity index (χ1n) is 11.3. The number of hydrogen-bond acceptors (Lipinski definition) is 8. The van der Waals surface area contributed by atoms with Crippen LogP contribution in [0.25, 0.3) is 0 Å². The van der Waals surface area contributed by atoms with Crippen LogP contribution in [0.2, 0.25) is 0 Å². The predicted molar refractivity (Wildman–Crippen MR) is 141 cm³/mol. The molecule has 3 aromatic rings. The molecule has 3 rings (SSSR count). The van der Waals surface area contributed by atoms with Gasteiger partial charge in [-0.2, -0.15) is 0 Å². The standard InChI is InChI=1S/C26H32N2O5S2/c1-26(2,24(29)30)35-25-27-20(18-34-25)12-13-28(14-15-33-17-19-8-6-5-7-9-19)21-10-11-22(31-3)23(16-21)32-4/h5-11,16,18H,12-15,17H2,1-4H3,(H,29,30). The van der Waals surface area contributed by atoms with Gasteiger partial charge in [-0.05, 0) is 31.5 Å². The van der Waals surface area contributed by atoms with E-state index in [4.69, 9.17) is 14.2 Å². The van der Waals surface area contributed by atoms with Crippen molar-refractivity contribution in [1.82, 2.24) is 4.98 Å². The molecule has 7 nitrogen and oxygen atoms in total. The number of carbonyl (C=O) groups is 1. The van der Waals surface area contributed by atoms with Gasteiger partial charge in [0.1, 0.15) is 4.75 Å². The molecule has 1 aromatic heterocycles. The Morgan fingerprint density at radius 1 is 1.09 bits per heavy atom. The van der Waals surface area contributed by atoms with Crippen LogP contribution in [0.5, 0.6) is 11.5 Å². The highest BCUT2D eigenvalue weighted by molar-refractivity contribution is 8.03. The fourth-order valence-electron chi connectivity index (χ4n) is 3.29. The Kier molecular flexibility index (Phi) is 9.83. The Balaban J connectivity index is 1.66. The lowest BCUT2D eigenvalue weighted by Gasteiger charge is -2.25. The lowest BCUT2D eigenvalue weighted by molar-refractivity contribution is -0.138. The third-order valence-corrected chi connectivity index (χ3v) is 7.55. The number of benzene rings is 2. The molecule has 2 aromatic carbocycles. The van der Waals surface area contributed by atoms with E-state index < -0.39 is 10.7 Å². The van der Waals surface area contributed by atoms with E-state index in [-0.39, 0.29) is 0 Å². The Morgan fingerprint density at radius 3 is 2.51 bits per heavy atom. The zero-order chi connectivity index (χ0) is 25.3. The largest absolute Gasteiger partial charge is 0.493 e. The number of rotatable bonds is 14. The summed E-state index contributed by atoms with van der Waals surface area (Å²) in [6.07, 6.45) is 0.720. The van der Waals surface area contributed by atoms with Gasteiger partial charge in [-0.3, -0.25) is 4.79 Å². The number of methoxy groups -OCH3 is 2. The van der Waals surface area contributed by atoms with Crippen molar-refractivity contribution in [3.05, 3.63) is 65.2 Å². The van der Waals surface area contributed by atoms with Crippen molar-refractivity contribution < 1.29 is 24.1 Å². The minimum Gasteiger partial charge on any atom is -0.493 e. The molecule has 0 bridgehead atoms. The second-order valence-electron chi connectivity index (χ2n) is 8.34. The van der Waals surface area contributed by atoms with Crippen LogP contribution < -0.4 is 14.4 Å². The highest BCUT2D eigenvalue weighted by atomic mass is 32.2. The van der Waals surface area contributed by atoms with Crippen molar-refractivity contribution in [2.75, 3.05) is 38.8 Å². The Hall–Kier alpha value is -2.75. The van der Waals surface area contributed by atoms with Gasteiger partial charge in [0.2, 0.25) is 0 Å². The van der Waals surface area contributed by atoms with E-state index in [0.29, 0.717) is 31.3 Å². The Bertz CT molecular complexity index is 1090. The van der Waals surface area contributed by atoms with Crippen LogP contribution >= 0.6 is 23.1 Å². The monoisotopic (exact) mass is 516 g/mol. The molecule has 0 radical (unpaired) electrons. The predicted octanol–water partition coefficient (Wildman–Crippen LogP) is 5.38. The third kappa shape index (κ3) is 7.88. The molecule has 0 aliphatic rings. The molecule has 0 amide bonds. The maximum Gasteiger partial charge on any atom is 0.319 e. The second kappa shape index (κ2) is 12.8. The first kappa shape index (κ1) is 26.8. The second-order valence-corrected chi connectivity index (χ2v) is 11.1. The number of anilines is 1. The van der Waals surface area contributed by atoms with E-state index in [0.717, 1.165) is 34.2 Å². The summed E-state index contributed by atoms with van der Waals surface area (Å²) in [7, 11) is 3.25. The first-order chi connectivity index (χ1) is 16.8. The van der Waals surface area contributed by atoms with E-state index >= 15 is 0 Å². The molecule has 188 valence electrons. The molecule has 0 atom stereocenters. The summed E-state index contributed by atoms with van der Waals surface area (Å²) in [4.78, 5) is 18.3. The molecule has 1 heterocycles. The molecule has 35 heavy (non-hydrogen) atoms. The smallest absolute Gasteiger partial charge is 0.319 e.